The summed E-state index contributed by atoms with van der Waals surface area (Å²) >= 11 is 0. The summed E-state index contributed by atoms with van der Waals surface area (Å²) in [6.45, 7) is 3.96. The van der Waals surface area contributed by atoms with Crippen molar-refractivity contribution >= 4 is 10.8 Å². The van der Waals surface area contributed by atoms with E-state index in [1.165, 1.54) is 31.4 Å². The Morgan fingerprint density at radius 3 is 2.28 bits per heavy atom. The molecule has 0 amide bonds. The SMILES string of the molecule is COc1ccc2c(Cc3ccc(OCCN4CCCCC4)cc3)c(-c3ccc(F)cc3F)ccc2c1. The Morgan fingerprint density at radius 2 is 1.53 bits per heavy atom. The molecule has 1 aliphatic heterocycles. The third kappa shape index (κ3) is 5.52. The molecule has 1 heterocycles. The lowest BCUT2D eigenvalue weighted by atomic mass is 9.90. The molecule has 1 saturated heterocycles. The molecule has 186 valence electrons. The lowest BCUT2D eigenvalue weighted by molar-refractivity contribution is 0.183. The lowest BCUT2D eigenvalue weighted by Crippen LogP contribution is -2.33. The first-order valence-electron chi connectivity index (χ1n) is 12.6. The normalized spacial score (nSPS) is 14.2. The van der Waals surface area contributed by atoms with Crippen molar-refractivity contribution in [3.8, 4) is 22.6 Å². The number of fused-ring (bicyclic) bond motifs is 1. The van der Waals surface area contributed by atoms with E-state index in [9.17, 15) is 8.78 Å². The fourth-order valence-corrected chi connectivity index (χ4v) is 5.03. The van der Waals surface area contributed by atoms with Crippen LogP contribution in [0, 0.1) is 11.6 Å². The summed E-state index contributed by atoms with van der Waals surface area (Å²) in [5, 5.41) is 2.02. The van der Waals surface area contributed by atoms with Crippen LogP contribution in [-0.2, 0) is 6.42 Å². The molecule has 5 heteroatoms. The highest BCUT2D eigenvalue weighted by Gasteiger charge is 2.15. The molecular formula is C31H31F2NO2. The van der Waals surface area contributed by atoms with Crippen LogP contribution in [0.15, 0.2) is 72.8 Å². The van der Waals surface area contributed by atoms with Gasteiger partial charge in [-0.05, 0) is 96.2 Å². The van der Waals surface area contributed by atoms with Gasteiger partial charge in [0.15, 0.2) is 0 Å². The largest absolute Gasteiger partial charge is 0.497 e. The second-order valence-electron chi connectivity index (χ2n) is 9.37. The fraction of sp³-hybridized carbons (Fsp3) is 0.290. The molecule has 0 spiro atoms. The van der Waals surface area contributed by atoms with E-state index < -0.39 is 11.6 Å². The highest BCUT2D eigenvalue weighted by molar-refractivity contribution is 5.93. The Bertz CT molecular complexity index is 1330. The van der Waals surface area contributed by atoms with Crippen molar-refractivity contribution in [2.24, 2.45) is 0 Å². The Morgan fingerprint density at radius 1 is 0.778 bits per heavy atom. The van der Waals surface area contributed by atoms with Gasteiger partial charge in [0.2, 0.25) is 0 Å². The highest BCUT2D eigenvalue weighted by Crippen LogP contribution is 2.35. The molecule has 0 N–H and O–H groups in total. The zero-order valence-corrected chi connectivity index (χ0v) is 20.6. The molecule has 0 saturated carbocycles. The van der Waals surface area contributed by atoms with Crippen molar-refractivity contribution in [3.63, 3.8) is 0 Å². The number of hydrogen-bond acceptors (Lipinski definition) is 3. The molecule has 4 aromatic carbocycles. The van der Waals surface area contributed by atoms with Crippen molar-refractivity contribution in [3.05, 3.63) is 95.6 Å². The highest BCUT2D eigenvalue weighted by atomic mass is 19.1. The number of rotatable bonds is 8. The Balaban J connectivity index is 1.40. The standard InChI is InChI=1S/C31H31F2NO2/c1-35-26-11-14-27-23(20-26)7-12-28(29-13-8-24(32)21-31(29)33)30(27)19-22-5-9-25(10-6-22)36-18-17-34-15-3-2-4-16-34/h5-14,20-21H,2-4,15-19H2,1H3. The third-order valence-electron chi connectivity index (χ3n) is 6.99. The fourth-order valence-electron chi connectivity index (χ4n) is 5.03. The van der Waals surface area contributed by atoms with Crippen LogP contribution in [0.2, 0.25) is 0 Å². The number of piperidine rings is 1. The van der Waals surface area contributed by atoms with Gasteiger partial charge in [-0.3, -0.25) is 4.90 Å². The number of likely N-dealkylation sites (tertiary alicyclic amines) is 1. The third-order valence-corrected chi connectivity index (χ3v) is 6.99. The monoisotopic (exact) mass is 487 g/mol. The average molecular weight is 488 g/mol. The van der Waals surface area contributed by atoms with Gasteiger partial charge in [-0.25, -0.2) is 8.78 Å². The molecule has 4 aromatic rings. The van der Waals surface area contributed by atoms with Gasteiger partial charge >= 0.3 is 0 Å². The van der Waals surface area contributed by atoms with Crippen LogP contribution in [0.1, 0.15) is 30.4 Å². The summed E-state index contributed by atoms with van der Waals surface area (Å²) in [4.78, 5) is 2.46. The minimum Gasteiger partial charge on any atom is -0.497 e. The maximum Gasteiger partial charge on any atom is 0.133 e. The van der Waals surface area contributed by atoms with E-state index in [0.29, 0.717) is 18.6 Å². The summed E-state index contributed by atoms with van der Waals surface area (Å²) in [5.41, 5.74) is 3.22. The second-order valence-corrected chi connectivity index (χ2v) is 9.37. The van der Waals surface area contributed by atoms with Gasteiger partial charge in [0.1, 0.15) is 29.7 Å². The zero-order chi connectivity index (χ0) is 24.9. The molecule has 0 atom stereocenters. The Labute approximate surface area is 211 Å². The first-order chi connectivity index (χ1) is 17.6. The average Bonchev–Trinajstić information content (AvgIpc) is 2.90. The number of methoxy groups -OCH3 is 1. The molecule has 1 fully saturated rings. The van der Waals surface area contributed by atoms with Crippen molar-refractivity contribution in [2.45, 2.75) is 25.7 Å². The minimum absolute atomic E-state index is 0.391. The number of hydrogen-bond donors (Lipinski definition) is 0. The topological polar surface area (TPSA) is 21.7 Å². The van der Waals surface area contributed by atoms with Gasteiger partial charge in [-0.1, -0.05) is 36.8 Å². The zero-order valence-electron chi connectivity index (χ0n) is 20.6. The molecule has 0 aliphatic carbocycles. The number of benzene rings is 4. The summed E-state index contributed by atoms with van der Waals surface area (Å²) in [5.74, 6) is 0.462. The summed E-state index contributed by atoms with van der Waals surface area (Å²) in [6, 6.07) is 21.6. The van der Waals surface area contributed by atoms with Crippen LogP contribution in [-0.4, -0.2) is 38.3 Å². The number of ether oxygens (including phenoxy) is 2. The first kappa shape index (κ1) is 24.3. The molecular weight excluding hydrogens is 456 g/mol. The lowest BCUT2D eigenvalue weighted by Gasteiger charge is -2.26. The van der Waals surface area contributed by atoms with Gasteiger partial charge in [0.05, 0.1) is 7.11 Å². The van der Waals surface area contributed by atoms with Gasteiger partial charge in [0, 0.05) is 18.2 Å². The smallest absolute Gasteiger partial charge is 0.133 e. The molecule has 1 aliphatic rings. The van der Waals surface area contributed by atoms with E-state index in [1.807, 2.05) is 42.5 Å². The summed E-state index contributed by atoms with van der Waals surface area (Å²) in [7, 11) is 1.64. The van der Waals surface area contributed by atoms with Crippen LogP contribution in [0.4, 0.5) is 8.78 Å². The summed E-state index contributed by atoms with van der Waals surface area (Å²) < 4.78 is 39.8. The molecule has 0 unspecified atom stereocenters. The maximum absolute atomic E-state index is 14.8. The number of halogens is 2. The van der Waals surface area contributed by atoms with Crippen molar-refractivity contribution < 1.29 is 18.3 Å². The molecule has 3 nitrogen and oxygen atoms in total. The van der Waals surface area contributed by atoms with E-state index in [2.05, 4.69) is 17.0 Å². The Kier molecular flexibility index (Phi) is 7.47. The van der Waals surface area contributed by atoms with E-state index in [4.69, 9.17) is 9.47 Å². The van der Waals surface area contributed by atoms with E-state index in [-0.39, 0.29) is 0 Å². The van der Waals surface area contributed by atoms with Crippen LogP contribution >= 0.6 is 0 Å². The second kappa shape index (κ2) is 11.1. The van der Waals surface area contributed by atoms with E-state index in [0.717, 1.165) is 64.7 Å². The maximum atomic E-state index is 14.8. The van der Waals surface area contributed by atoms with Crippen LogP contribution in [0.25, 0.3) is 21.9 Å². The molecule has 0 bridgehead atoms. The van der Waals surface area contributed by atoms with Gasteiger partial charge < -0.3 is 9.47 Å². The molecule has 5 rings (SSSR count). The van der Waals surface area contributed by atoms with Gasteiger partial charge in [-0.15, -0.1) is 0 Å². The predicted octanol–water partition coefficient (Wildman–Crippen LogP) is 7.25. The van der Waals surface area contributed by atoms with E-state index in [1.54, 1.807) is 7.11 Å². The van der Waals surface area contributed by atoms with Crippen LogP contribution in [0.3, 0.4) is 0 Å². The predicted molar refractivity (Wildman–Crippen MR) is 141 cm³/mol. The minimum atomic E-state index is -0.584. The van der Waals surface area contributed by atoms with Crippen LogP contribution in [0.5, 0.6) is 11.5 Å². The molecule has 0 radical (unpaired) electrons. The van der Waals surface area contributed by atoms with Gasteiger partial charge in [0.25, 0.3) is 0 Å². The number of nitrogens with zero attached hydrogens (tertiary/aromatic N) is 1. The van der Waals surface area contributed by atoms with E-state index >= 15 is 0 Å². The molecule has 0 aromatic heterocycles. The van der Waals surface area contributed by atoms with Crippen LogP contribution < -0.4 is 9.47 Å². The van der Waals surface area contributed by atoms with Crippen molar-refractivity contribution in [1.29, 1.82) is 0 Å². The summed E-state index contributed by atoms with van der Waals surface area (Å²) in [6.07, 6.45) is 4.49. The first-order valence-corrected chi connectivity index (χ1v) is 12.6. The van der Waals surface area contributed by atoms with Gasteiger partial charge in [-0.2, -0.15) is 0 Å². The molecule has 36 heavy (non-hydrogen) atoms. The van der Waals surface area contributed by atoms with Crippen molar-refractivity contribution in [1.82, 2.24) is 4.90 Å². The Hall–Kier alpha value is -3.44. The van der Waals surface area contributed by atoms with Crippen molar-refractivity contribution in [2.75, 3.05) is 33.4 Å². The quantitative estimate of drug-likeness (QED) is 0.261.